The summed E-state index contributed by atoms with van der Waals surface area (Å²) in [4.78, 5) is 24.1. The van der Waals surface area contributed by atoms with Gasteiger partial charge in [-0.1, -0.05) is 51.1 Å². The van der Waals surface area contributed by atoms with Gasteiger partial charge in [0.05, 0.1) is 5.92 Å². The highest BCUT2D eigenvalue weighted by atomic mass is 19.1. The van der Waals surface area contributed by atoms with Gasteiger partial charge in [0.1, 0.15) is 5.82 Å². The molecule has 0 saturated heterocycles. The van der Waals surface area contributed by atoms with Crippen molar-refractivity contribution in [1.29, 1.82) is 0 Å². The molecule has 0 aromatic heterocycles. The average molecular weight is 343 g/mol. The Kier molecular flexibility index (Phi) is 5.57. The zero-order valence-electron chi connectivity index (χ0n) is 14.5. The van der Waals surface area contributed by atoms with E-state index in [1.54, 1.807) is 12.1 Å². The maximum absolute atomic E-state index is 13.0. The SMILES string of the molecule is CC(C)(C)c1ccccc1C(=O)NCC(C(=O)O)c1ccc(F)cc1. The number of halogens is 1. The molecule has 0 aliphatic heterocycles. The molecule has 5 heteroatoms. The molecule has 25 heavy (non-hydrogen) atoms. The Balaban J connectivity index is 2.18. The number of benzene rings is 2. The molecule has 2 aromatic carbocycles. The van der Waals surface area contributed by atoms with Gasteiger partial charge in [-0.05, 0) is 34.7 Å². The number of carboxylic acid groups (broad SMARTS) is 1. The normalized spacial score (nSPS) is 12.5. The second-order valence-corrected chi connectivity index (χ2v) is 6.95. The third kappa shape index (κ3) is 4.66. The summed E-state index contributed by atoms with van der Waals surface area (Å²) >= 11 is 0. The molecule has 4 nitrogen and oxygen atoms in total. The van der Waals surface area contributed by atoms with Gasteiger partial charge in [-0.25, -0.2) is 4.39 Å². The van der Waals surface area contributed by atoms with Crippen molar-refractivity contribution in [3.8, 4) is 0 Å². The molecule has 0 spiro atoms. The van der Waals surface area contributed by atoms with Crippen molar-refractivity contribution in [3.63, 3.8) is 0 Å². The van der Waals surface area contributed by atoms with Crippen molar-refractivity contribution in [2.75, 3.05) is 6.54 Å². The number of hydrogen-bond donors (Lipinski definition) is 2. The first-order valence-corrected chi connectivity index (χ1v) is 8.06. The van der Waals surface area contributed by atoms with Gasteiger partial charge in [0.25, 0.3) is 5.91 Å². The lowest BCUT2D eigenvalue weighted by Crippen LogP contribution is -2.33. The van der Waals surface area contributed by atoms with Crippen LogP contribution in [0.3, 0.4) is 0 Å². The second kappa shape index (κ2) is 7.47. The average Bonchev–Trinajstić information content (AvgIpc) is 2.55. The predicted molar refractivity (Wildman–Crippen MR) is 94.3 cm³/mol. The van der Waals surface area contributed by atoms with E-state index in [1.807, 2.05) is 32.9 Å². The standard InChI is InChI=1S/C20H22FNO3/c1-20(2,3)17-7-5-4-6-15(17)18(23)22-12-16(19(24)25)13-8-10-14(21)11-9-13/h4-11,16H,12H2,1-3H3,(H,22,23)(H,24,25). The van der Waals surface area contributed by atoms with E-state index >= 15 is 0 Å². The largest absolute Gasteiger partial charge is 0.481 e. The highest BCUT2D eigenvalue weighted by molar-refractivity contribution is 5.96. The molecule has 0 aliphatic carbocycles. The van der Waals surface area contributed by atoms with Gasteiger partial charge >= 0.3 is 5.97 Å². The minimum Gasteiger partial charge on any atom is -0.481 e. The van der Waals surface area contributed by atoms with Crippen LogP contribution in [0.25, 0.3) is 0 Å². The summed E-state index contributed by atoms with van der Waals surface area (Å²) in [5.74, 6) is -2.77. The van der Waals surface area contributed by atoms with E-state index in [2.05, 4.69) is 5.32 Å². The summed E-state index contributed by atoms with van der Waals surface area (Å²) in [6, 6.07) is 12.5. The number of rotatable bonds is 5. The van der Waals surface area contributed by atoms with Crippen LogP contribution in [0.2, 0.25) is 0 Å². The molecule has 2 rings (SSSR count). The van der Waals surface area contributed by atoms with Crippen molar-refractivity contribution in [3.05, 3.63) is 71.0 Å². The van der Waals surface area contributed by atoms with Gasteiger partial charge in [-0.15, -0.1) is 0 Å². The molecule has 0 fully saturated rings. The Morgan fingerprint density at radius 2 is 1.68 bits per heavy atom. The zero-order chi connectivity index (χ0) is 18.6. The van der Waals surface area contributed by atoms with Crippen molar-refractivity contribution < 1.29 is 19.1 Å². The Morgan fingerprint density at radius 1 is 1.08 bits per heavy atom. The molecule has 0 aliphatic rings. The van der Waals surface area contributed by atoms with Crippen LogP contribution < -0.4 is 5.32 Å². The van der Waals surface area contributed by atoms with E-state index in [0.717, 1.165) is 5.56 Å². The van der Waals surface area contributed by atoms with E-state index in [1.165, 1.54) is 24.3 Å². The van der Waals surface area contributed by atoms with Crippen molar-refractivity contribution in [2.24, 2.45) is 0 Å². The molecule has 132 valence electrons. The Bertz CT molecular complexity index is 763. The van der Waals surface area contributed by atoms with E-state index in [9.17, 15) is 19.1 Å². The Morgan fingerprint density at radius 3 is 2.24 bits per heavy atom. The van der Waals surface area contributed by atoms with Crippen molar-refractivity contribution in [1.82, 2.24) is 5.32 Å². The van der Waals surface area contributed by atoms with E-state index in [0.29, 0.717) is 11.1 Å². The first-order valence-electron chi connectivity index (χ1n) is 8.06. The number of carbonyl (C=O) groups is 2. The smallest absolute Gasteiger partial charge is 0.312 e. The molecule has 1 unspecified atom stereocenters. The zero-order valence-corrected chi connectivity index (χ0v) is 14.5. The second-order valence-electron chi connectivity index (χ2n) is 6.95. The lowest BCUT2D eigenvalue weighted by Gasteiger charge is -2.23. The third-order valence-electron chi connectivity index (χ3n) is 4.02. The van der Waals surface area contributed by atoms with Crippen LogP contribution in [-0.4, -0.2) is 23.5 Å². The van der Waals surface area contributed by atoms with Crippen LogP contribution in [0, 0.1) is 5.82 Å². The predicted octanol–water partition coefficient (Wildman–Crippen LogP) is 3.72. The number of aliphatic carboxylic acids is 1. The van der Waals surface area contributed by atoms with Gasteiger partial charge < -0.3 is 10.4 Å². The van der Waals surface area contributed by atoms with E-state index in [-0.39, 0.29) is 17.9 Å². The molecular formula is C20H22FNO3. The first kappa shape index (κ1) is 18.6. The molecular weight excluding hydrogens is 321 g/mol. The Labute approximate surface area is 146 Å². The number of carbonyl (C=O) groups excluding carboxylic acids is 1. The summed E-state index contributed by atoms with van der Waals surface area (Å²) in [5, 5.41) is 12.1. The minimum atomic E-state index is -1.07. The van der Waals surface area contributed by atoms with Gasteiger partial charge in [-0.2, -0.15) is 0 Å². The van der Waals surface area contributed by atoms with Gasteiger partial charge in [0, 0.05) is 12.1 Å². The molecule has 0 bridgehead atoms. The fraction of sp³-hybridized carbons (Fsp3) is 0.300. The summed E-state index contributed by atoms with van der Waals surface area (Å²) < 4.78 is 13.0. The molecule has 1 atom stereocenters. The van der Waals surface area contributed by atoms with Crippen molar-refractivity contribution >= 4 is 11.9 Å². The lowest BCUT2D eigenvalue weighted by molar-refractivity contribution is -0.138. The molecule has 2 N–H and O–H groups in total. The van der Waals surface area contributed by atoms with Gasteiger partial charge in [0.15, 0.2) is 0 Å². The van der Waals surface area contributed by atoms with E-state index < -0.39 is 17.7 Å². The van der Waals surface area contributed by atoms with Crippen LogP contribution in [-0.2, 0) is 10.2 Å². The molecule has 0 heterocycles. The summed E-state index contributed by atoms with van der Waals surface area (Å²) in [5.41, 5.74) is 1.65. The summed E-state index contributed by atoms with van der Waals surface area (Å²) in [6.07, 6.45) is 0. The van der Waals surface area contributed by atoms with Crippen LogP contribution in [0.4, 0.5) is 4.39 Å². The first-order chi connectivity index (χ1) is 11.7. The van der Waals surface area contributed by atoms with Crippen LogP contribution in [0.5, 0.6) is 0 Å². The summed E-state index contributed by atoms with van der Waals surface area (Å²) in [6.45, 7) is 5.96. The highest BCUT2D eigenvalue weighted by Crippen LogP contribution is 2.26. The van der Waals surface area contributed by atoms with Crippen LogP contribution >= 0.6 is 0 Å². The summed E-state index contributed by atoms with van der Waals surface area (Å²) in [7, 11) is 0. The monoisotopic (exact) mass is 343 g/mol. The van der Waals surface area contributed by atoms with Gasteiger partial charge in [-0.3, -0.25) is 9.59 Å². The number of carboxylic acids is 1. The van der Waals surface area contributed by atoms with E-state index in [4.69, 9.17) is 0 Å². The topological polar surface area (TPSA) is 66.4 Å². The van der Waals surface area contributed by atoms with Crippen LogP contribution in [0.15, 0.2) is 48.5 Å². The fourth-order valence-electron chi connectivity index (χ4n) is 2.67. The molecule has 0 saturated carbocycles. The fourth-order valence-corrected chi connectivity index (χ4v) is 2.67. The van der Waals surface area contributed by atoms with Gasteiger partial charge in [0.2, 0.25) is 0 Å². The number of amides is 1. The maximum atomic E-state index is 13.0. The minimum absolute atomic E-state index is 0.0712. The molecule has 0 radical (unpaired) electrons. The molecule has 2 aromatic rings. The van der Waals surface area contributed by atoms with Crippen LogP contribution in [0.1, 0.15) is 48.2 Å². The number of hydrogen-bond acceptors (Lipinski definition) is 2. The maximum Gasteiger partial charge on any atom is 0.312 e. The third-order valence-corrected chi connectivity index (χ3v) is 4.02. The Hall–Kier alpha value is -2.69. The van der Waals surface area contributed by atoms with Crippen molar-refractivity contribution in [2.45, 2.75) is 32.1 Å². The number of nitrogens with one attached hydrogen (secondary N) is 1. The highest BCUT2D eigenvalue weighted by Gasteiger charge is 2.24. The molecule has 1 amide bonds. The quantitative estimate of drug-likeness (QED) is 0.869. The lowest BCUT2D eigenvalue weighted by atomic mass is 9.83.